The van der Waals surface area contributed by atoms with Gasteiger partial charge in [-0.05, 0) is 114 Å². The lowest BCUT2D eigenvalue weighted by molar-refractivity contribution is 0.483. The van der Waals surface area contributed by atoms with Crippen LogP contribution in [0.4, 0.5) is 17.1 Å². The highest BCUT2D eigenvalue weighted by atomic mass is 16.5. The molecule has 6 aromatic carbocycles. The SMILES string of the molecule is CC(C)(C)C1=CCNC(n2c3ccccc3c3ccc(Oc4cccc(N5CN(C(C)(C)C)c6cc7c(cc65)C5c6ccccc6C7c6ccccc65)c4)cc32)=C1. The number of nitrogens with one attached hydrogen (secondary N) is 1. The van der Waals surface area contributed by atoms with Crippen molar-refractivity contribution in [3.63, 3.8) is 0 Å². The lowest BCUT2D eigenvalue weighted by atomic mass is 9.61. The summed E-state index contributed by atoms with van der Waals surface area (Å²) in [6.45, 7) is 15.4. The smallest absolute Gasteiger partial charge is 0.129 e. The van der Waals surface area contributed by atoms with Crippen LogP contribution in [0.25, 0.3) is 27.6 Å². The van der Waals surface area contributed by atoms with Gasteiger partial charge in [-0.3, -0.25) is 4.57 Å². The minimum atomic E-state index is -0.0741. The second kappa shape index (κ2) is 12.1. The zero-order valence-electron chi connectivity index (χ0n) is 33.6. The molecule has 0 saturated carbocycles. The number of dihydropyridines is 1. The van der Waals surface area contributed by atoms with Crippen LogP contribution in [0, 0.1) is 5.41 Å². The van der Waals surface area contributed by atoms with E-state index in [9.17, 15) is 0 Å². The van der Waals surface area contributed by atoms with E-state index in [1.807, 2.05) is 0 Å². The molecule has 57 heavy (non-hydrogen) atoms. The van der Waals surface area contributed by atoms with Gasteiger partial charge in [0.25, 0.3) is 0 Å². The third-order valence-corrected chi connectivity index (χ3v) is 12.7. The topological polar surface area (TPSA) is 32.7 Å². The van der Waals surface area contributed by atoms with Crippen LogP contribution in [0.15, 0.2) is 145 Å². The van der Waals surface area contributed by atoms with Crippen molar-refractivity contribution < 1.29 is 4.74 Å². The molecule has 0 saturated heterocycles. The number of anilines is 3. The number of aromatic nitrogens is 1. The molecule has 0 unspecified atom stereocenters. The Morgan fingerprint density at radius 1 is 0.579 bits per heavy atom. The molecule has 2 aliphatic heterocycles. The number of ether oxygens (including phenoxy) is 1. The predicted molar refractivity (Wildman–Crippen MR) is 236 cm³/mol. The van der Waals surface area contributed by atoms with Crippen molar-refractivity contribution >= 4 is 44.7 Å². The molecule has 0 fully saturated rings. The Morgan fingerprint density at radius 2 is 1.19 bits per heavy atom. The highest BCUT2D eigenvalue weighted by Crippen LogP contribution is 2.59. The van der Waals surface area contributed by atoms with Gasteiger partial charge < -0.3 is 19.9 Å². The van der Waals surface area contributed by atoms with Crippen LogP contribution >= 0.6 is 0 Å². The van der Waals surface area contributed by atoms with Gasteiger partial charge in [0.05, 0.1) is 29.1 Å². The monoisotopic (exact) mass is 744 g/mol. The molecule has 12 rings (SSSR count). The molecule has 7 aromatic rings. The Morgan fingerprint density at radius 3 is 1.86 bits per heavy atom. The van der Waals surface area contributed by atoms with E-state index >= 15 is 0 Å². The summed E-state index contributed by atoms with van der Waals surface area (Å²) in [5.41, 5.74) is 16.0. The van der Waals surface area contributed by atoms with Crippen LogP contribution in [-0.4, -0.2) is 23.3 Å². The van der Waals surface area contributed by atoms with Gasteiger partial charge in [0.1, 0.15) is 17.3 Å². The minimum Gasteiger partial charge on any atom is -0.457 e. The Balaban J connectivity index is 0.985. The molecular weight excluding hydrogens is 697 g/mol. The first kappa shape index (κ1) is 34.1. The summed E-state index contributed by atoms with van der Waals surface area (Å²) in [7, 11) is 0. The molecule has 3 heterocycles. The van der Waals surface area contributed by atoms with Gasteiger partial charge in [-0.2, -0.15) is 0 Å². The molecule has 1 aromatic heterocycles. The lowest BCUT2D eigenvalue weighted by Crippen LogP contribution is -2.42. The first-order valence-corrected chi connectivity index (χ1v) is 20.4. The fraction of sp³-hybridized carbons (Fsp3) is 0.231. The van der Waals surface area contributed by atoms with E-state index in [0.717, 1.165) is 41.7 Å². The third kappa shape index (κ3) is 5.21. The normalized spacial score (nSPS) is 18.1. The average Bonchev–Trinajstić information content (AvgIpc) is 3.75. The minimum absolute atomic E-state index is 0.0565. The predicted octanol–water partition coefficient (Wildman–Crippen LogP) is 12.7. The Kier molecular flexibility index (Phi) is 7.26. The molecule has 5 aliphatic rings. The average molecular weight is 745 g/mol. The van der Waals surface area contributed by atoms with Crippen molar-refractivity contribution in [3.8, 4) is 11.5 Å². The van der Waals surface area contributed by atoms with Gasteiger partial charge in [-0.1, -0.05) is 99.6 Å². The second-order valence-electron chi connectivity index (χ2n) is 18.2. The molecule has 5 nitrogen and oxygen atoms in total. The molecule has 0 amide bonds. The third-order valence-electron chi connectivity index (χ3n) is 12.7. The van der Waals surface area contributed by atoms with Gasteiger partial charge in [0, 0.05) is 52.5 Å². The summed E-state index contributed by atoms with van der Waals surface area (Å²) in [6, 6.07) is 47.1. The second-order valence-corrected chi connectivity index (χ2v) is 18.2. The quantitative estimate of drug-likeness (QED) is 0.194. The maximum absolute atomic E-state index is 6.79. The molecule has 2 bridgehead atoms. The lowest BCUT2D eigenvalue weighted by Gasteiger charge is -2.43. The number of allylic oxidation sites excluding steroid dienone is 2. The molecule has 3 aliphatic carbocycles. The molecule has 0 radical (unpaired) electrons. The molecule has 1 N–H and O–H groups in total. The number of benzene rings is 6. The maximum Gasteiger partial charge on any atom is 0.129 e. The van der Waals surface area contributed by atoms with E-state index in [0.29, 0.717) is 0 Å². The number of rotatable bonds is 4. The van der Waals surface area contributed by atoms with Crippen molar-refractivity contribution in [2.24, 2.45) is 5.41 Å². The van der Waals surface area contributed by atoms with E-state index in [1.165, 1.54) is 66.6 Å². The van der Waals surface area contributed by atoms with Crippen molar-refractivity contribution in [2.75, 3.05) is 23.0 Å². The highest BCUT2D eigenvalue weighted by Gasteiger charge is 2.44. The van der Waals surface area contributed by atoms with E-state index in [-0.39, 0.29) is 22.8 Å². The summed E-state index contributed by atoms with van der Waals surface area (Å²) >= 11 is 0. The fourth-order valence-electron chi connectivity index (χ4n) is 10.0. The Hall–Kier alpha value is -6.20. The standard InChI is InChI=1S/C52H48N4O/c1-51(2,3)32-24-25-53-48(26-32)56-44-21-12-11-16-36(44)37-23-22-35(28-45(37)56)57-34-15-13-14-33(27-34)54-31-55(52(4,5)6)47-30-43-42(29-46(47)54)49-38-17-7-9-19-40(38)50(43)41-20-10-8-18-39(41)49/h7-24,26-30,49-50,53H,25,31H2,1-6H3. The van der Waals surface area contributed by atoms with Crippen molar-refractivity contribution in [1.29, 1.82) is 0 Å². The zero-order chi connectivity index (χ0) is 38.8. The van der Waals surface area contributed by atoms with Crippen molar-refractivity contribution in [1.82, 2.24) is 9.88 Å². The highest BCUT2D eigenvalue weighted by molar-refractivity contribution is 6.10. The van der Waals surface area contributed by atoms with E-state index in [1.54, 1.807) is 0 Å². The van der Waals surface area contributed by atoms with Gasteiger partial charge in [0.2, 0.25) is 0 Å². The maximum atomic E-state index is 6.79. The van der Waals surface area contributed by atoms with E-state index < -0.39 is 0 Å². The summed E-state index contributed by atoms with van der Waals surface area (Å²) in [4.78, 5) is 5.05. The summed E-state index contributed by atoms with van der Waals surface area (Å²) < 4.78 is 9.15. The van der Waals surface area contributed by atoms with Crippen LogP contribution in [0.5, 0.6) is 11.5 Å². The van der Waals surface area contributed by atoms with Crippen molar-refractivity contribution in [3.05, 3.63) is 178 Å². The van der Waals surface area contributed by atoms with Crippen LogP contribution < -0.4 is 19.9 Å². The molecule has 0 atom stereocenters. The first-order chi connectivity index (χ1) is 27.5. The number of hydrogen-bond donors (Lipinski definition) is 1. The fourth-order valence-corrected chi connectivity index (χ4v) is 10.0. The van der Waals surface area contributed by atoms with Crippen molar-refractivity contribution in [2.45, 2.75) is 58.9 Å². The summed E-state index contributed by atoms with van der Waals surface area (Å²) in [6.07, 6.45) is 4.61. The molecule has 282 valence electrons. The van der Waals surface area contributed by atoms with Crippen LogP contribution in [0.3, 0.4) is 0 Å². The summed E-state index contributed by atoms with van der Waals surface area (Å²) in [5.74, 6) is 3.19. The summed E-state index contributed by atoms with van der Waals surface area (Å²) in [5, 5.41) is 6.11. The molecule has 0 spiro atoms. The number of nitrogens with zero attached hydrogens (tertiary/aromatic N) is 3. The Bertz CT molecular complexity index is 2810. The van der Waals surface area contributed by atoms with E-state index in [4.69, 9.17) is 4.74 Å². The van der Waals surface area contributed by atoms with Gasteiger partial charge in [-0.25, -0.2) is 0 Å². The zero-order valence-corrected chi connectivity index (χ0v) is 33.6. The van der Waals surface area contributed by atoms with Crippen LogP contribution in [0.1, 0.15) is 86.8 Å². The number of fused-ring (bicyclic) bond motifs is 4. The first-order valence-electron chi connectivity index (χ1n) is 20.4. The largest absolute Gasteiger partial charge is 0.457 e. The molecular formula is C52H48N4O. The van der Waals surface area contributed by atoms with Gasteiger partial charge >= 0.3 is 0 Å². The van der Waals surface area contributed by atoms with E-state index in [2.05, 4.69) is 201 Å². The molecule has 5 heteroatoms. The van der Waals surface area contributed by atoms with Crippen LogP contribution in [-0.2, 0) is 0 Å². The van der Waals surface area contributed by atoms with Gasteiger partial charge in [-0.15, -0.1) is 0 Å². The van der Waals surface area contributed by atoms with Gasteiger partial charge in [0.15, 0.2) is 0 Å². The number of hydrogen-bond acceptors (Lipinski definition) is 4. The number of para-hydroxylation sites is 1. The Labute approximate surface area is 335 Å². The van der Waals surface area contributed by atoms with Crippen LogP contribution in [0.2, 0.25) is 0 Å².